The third-order valence-corrected chi connectivity index (χ3v) is 3.62. The highest BCUT2D eigenvalue weighted by atomic mass is 16.4. The van der Waals surface area contributed by atoms with E-state index in [4.69, 9.17) is 0 Å². The Kier molecular flexibility index (Phi) is 5.53. The molecule has 21 heavy (non-hydrogen) atoms. The maximum Gasteiger partial charge on any atom is 0.326 e. The first-order chi connectivity index (χ1) is 9.64. The number of carbonyl (C=O) groups excluding carboxylic acids is 1. The van der Waals surface area contributed by atoms with Gasteiger partial charge in [0.2, 0.25) is 5.91 Å². The van der Waals surface area contributed by atoms with Gasteiger partial charge in [-0.25, -0.2) is 4.79 Å². The van der Waals surface area contributed by atoms with Crippen LogP contribution in [0.4, 0.5) is 0 Å². The Bertz CT molecular complexity index is 521. The van der Waals surface area contributed by atoms with Crippen molar-refractivity contribution in [3.8, 4) is 0 Å². The van der Waals surface area contributed by atoms with Gasteiger partial charge in [-0.05, 0) is 38.7 Å². The van der Waals surface area contributed by atoms with Crippen molar-refractivity contribution in [2.75, 3.05) is 0 Å². The number of benzene rings is 1. The average Bonchev–Trinajstić information content (AvgIpc) is 2.37. The molecule has 1 amide bonds. The molecule has 1 unspecified atom stereocenters. The van der Waals surface area contributed by atoms with E-state index in [0.717, 1.165) is 11.1 Å². The lowest BCUT2D eigenvalue weighted by Gasteiger charge is -2.27. The number of aliphatic carboxylic acids is 1. The van der Waals surface area contributed by atoms with E-state index >= 15 is 0 Å². The minimum absolute atomic E-state index is 0.202. The minimum Gasteiger partial charge on any atom is -0.480 e. The molecule has 0 aliphatic carbocycles. The van der Waals surface area contributed by atoms with Gasteiger partial charge in [0.05, 0.1) is 5.41 Å². The highest BCUT2D eigenvalue weighted by Crippen LogP contribution is 2.24. The average molecular weight is 291 g/mol. The lowest BCUT2D eigenvalue weighted by molar-refractivity contribution is -0.143. The molecule has 116 valence electrons. The second kappa shape index (κ2) is 6.74. The van der Waals surface area contributed by atoms with Gasteiger partial charge >= 0.3 is 5.97 Å². The van der Waals surface area contributed by atoms with Crippen molar-refractivity contribution in [2.45, 2.75) is 52.5 Å². The van der Waals surface area contributed by atoms with Crippen molar-refractivity contribution in [3.05, 3.63) is 35.4 Å². The summed E-state index contributed by atoms with van der Waals surface area (Å²) >= 11 is 0. The molecule has 1 aromatic carbocycles. The number of amides is 1. The minimum atomic E-state index is -0.989. The summed E-state index contributed by atoms with van der Waals surface area (Å²) < 4.78 is 0. The first-order valence-electron chi connectivity index (χ1n) is 7.25. The lowest BCUT2D eigenvalue weighted by atomic mass is 9.82. The van der Waals surface area contributed by atoms with Crippen molar-refractivity contribution in [1.82, 2.24) is 5.32 Å². The third kappa shape index (κ3) is 4.59. The van der Waals surface area contributed by atoms with Gasteiger partial charge in [-0.2, -0.15) is 0 Å². The van der Waals surface area contributed by atoms with Gasteiger partial charge in [-0.15, -0.1) is 0 Å². The van der Waals surface area contributed by atoms with Crippen LogP contribution in [-0.2, 0) is 15.0 Å². The second-order valence-corrected chi connectivity index (χ2v) is 6.49. The number of carboxylic acids is 1. The Balaban J connectivity index is 2.92. The fourth-order valence-electron chi connectivity index (χ4n) is 2.20. The number of aryl methyl sites for hydroxylation is 1. The van der Waals surface area contributed by atoms with Crippen LogP contribution < -0.4 is 5.32 Å². The summed E-state index contributed by atoms with van der Waals surface area (Å²) in [4.78, 5) is 23.8. The van der Waals surface area contributed by atoms with E-state index in [9.17, 15) is 14.7 Å². The quantitative estimate of drug-likeness (QED) is 0.847. The maximum atomic E-state index is 12.5. The van der Waals surface area contributed by atoms with Crippen LogP contribution in [0.2, 0.25) is 0 Å². The van der Waals surface area contributed by atoms with Crippen molar-refractivity contribution in [1.29, 1.82) is 0 Å². The molecule has 0 aliphatic rings. The number of carbonyl (C=O) groups is 2. The number of hydrogen-bond acceptors (Lipinski definition) is 2. The van der Waals surface area contributed by atoms with Crippen LogP contribution in [0.25, 0.3) is 0 Å². The van der Waals surface area contributed by atoms with Gasteiger partial charge in [0.15, 0.2) is 0 Å². The molecule has 2 N–H and O–H groups in total. The third-order valence-electron chi connectivity index (χ3n) is 3.62. The summed E-state index contributed by atoms with van der Waals surface area (Å²) in [6, 6.07) is 6.88. The molecule has 1 atom stereocenters. The van der Waals surface area contributed by atoms with E-state index in [-0.39, 0.29) is 11.8 Å². The van der Waals surface area contributed by atoms with Crippen molar-refractivity contribution in [3.63, 3.8) is 0 Å². The number of rotatable bonds is 6. The standard InChI is InChI=1S/C17H25NO3/c1-11(2)9-14(15(19)20)18-16(21)17(4,5)13-8-6-7-12(3)10-13/h6-8,10-11,14H,9H2,1-5H3,(H,18,21)(H,19,20). The Morgan fingerprint density at radius 2 is 1.90 bits per heavy atom. The molecular formula is C17H25NO3. The summed E-state index contributed by atoms with van der Waals surface area (Å²) in [5.41, 5.74) is 1.19. The van der Waals surface area contributed by atoms with Crippen LogP contribution >= 0.6 is 0 Å². The molecule has 0 saturated heterocycles. The Morgan fingerprint density at radius 3 is 2.38 bits per heavy atom. The molecule has 1 rings (SSSR count). The zero-order valence-electron chi connectivity index (χ0n) is 13.4. The topological polar surface area (TPSA) is 66.4 Å². The second-order valence-electron chi connectivity index (χ2n) is 6.49. The van der Waals surface area contributed by atoms with Gasteiger partial charge < -0.3 is 10.4 Å². The van der Waals surface area contributed by atoms with E-state index in [2.05, 4.69) is 5.32 Å². The Labute approximate surface area is 126 Å². The number of carboxylic acid groups (broad SMARTS) is 1. The monoisotopic (exact) mass is 291 g/mol. The molecule has 4 nitrogen and oxygen atoms in total. The number of hydrogen-bond donors (Lipinski definition) is 2. The molecular weight excluding hydrogens is 266 g/mol. The smallest absolute Gasteiger partial charge is 0.326 e. The molecule has 0 spiro atoms. The van der Waals surface area contributed by atoms with E-state index < -0.39 is 17.4 Å². The van der Waals surface area contributed by atoms with E-state index in [1.165, 1.54) is 0 Å². The van der Waals surface area contributed by atoms with Crippen LogP contribution in [0.15, 0.2) is 24.3 Å². The zero-order valence-corrected chi connectivity index (χ0v) is 13.4. The Hall–Kier alpha value is -1.84. The van der Waals surface area contributed by atoms with Crippen LogP contribution in [0, 0.1) is 12.8 Å². The normalized spacial score (nSPS) is 13.0. The molecule has 0 bridgehead atoms. The SMILES string of the molecule is Cc1cccc(C(C)(C)C(=O)NC(CC(C)C)C(=O)O)c1. The molecule has 0 heterocycles. The largest absolute Gasteiger partial charge is 0.480 e. The first kappa shape index (κ1) is 17.2. The summed E-state index contributed by atoms with van der Waals surface area (Å²) in [6.45, 7) is 9.47. The summed E-state index contributed by atoms with van der Waals surface area (Å²) in [7, 11) is 0. The van der Waals surface area contributed by atoms with Crippen molar-refractivity contribution < 1.29 is 14.7 Å². The van der Waals surface area contributed by atoms with E-state index in [1.54, 1.807) is 0 Å². The fraction of sp³-hybridized carbons (Fsp3) is 0.529. The zero-order chi connectivity index (χ0) is 16.2. The van der Waals surface area contributed by atoms with Gasteiger partial charge in [-0.3, -0.25) is 4.79 Å². The van der Waals surface area contributed by atoms with Gasteiger partial charge in [0.25, 0.3) is 0 Å². The summed E-state index contributed by atoms with van der Waals surface area (Å²) in [5.74, 6) is -1.05. The predicted octanol–water partition coefficient (Wildman–Crippen LogP) is 2.89. The number of nitrogens with one attached hydrogen (secondary N) is 1. The highest BCUT2D eigenvalue weighted by molar-refractivity contribution is 5.90. The maximum absolute atomic E-state index is 12.5. The first-order valence-corrected chi connectivity index (χ1v) is 7.25. The summed E-state index contributed by atoms with van der Waals surface area (Å²) in [5, 5.41) is 11.9. The van der Waals surface area contributed by atoms with Crippen LogP contribution in [0.1, 0.15) is 45.2 Å². The molecule has 4 heteroatoms. The molecule has 0 radical (unpaired) electrons. The van der Waals surface area contributed by atoms with Gasteiger partial charge in [-0.1, -0.05) is 43.7 Å². The molecule has 0 fully saturated rings. The van der Waals surface area contributed by atoms with E-state index in [0.29, 0.717) is 6.42 Å². The van der Waals surface area contributed by atoms with Crippen molar-refractivity contribution in [2.24, 2.45) is 5.92 Å². The fourth-order valence-corrected chi connectivity index (χ4v) is 2.20. The van der Waals surface area contributed by atoms with Crippen molar-refractivity contribution >= 4 is 11.9 Å². The summed E-state index contributed by atoms with van der Waals surface area (Å²) in [6.07, 6.45) is 0.422. The van der Waals surface area contributed by atoms with E-state index in [1.807, 2.05) is 58.9 Å². The molecule has 0 aliphatic heterocycles. The molecule has 1 aromatic rings. The molecule has 0 saturated carbocycles. The van der Waals surface area contributed by atoms with Gasteiger partial charge in [0, 0.05) is 0 Å². The van der Waals surface area contributed by atoms with Gasteiger partial charge in [0.1, 0.15) is 6.04 Å². The predicted molar refractivity (Wildman–Crippen MR) is 83.2 cm³/mol. The van der Waals surface area contributed by atoms with Crippen LogP contribution in [-0.4, -0.2) is 23.0 Å². The van der Waals surface area contributed by atoms with Crippen LogP contribution in [0.3, 0.4) is 0 Å². The Morgan fingerprint density at radius 1 is 1.29 bits per heavy atom. The highest BCUT2D eigenvalue weighted by Gasteiger charge is 2.33. The molecule has 0 aromatic heterocycles. The lowest BCUT2D eigenvalue weighted by Crippen LogP contribution is -2.48. The van der Waals surface area contributed by atoms with Crippen LogP contribution in [0.5, 0.6) is 0 Å².